The first-order chi connectivity index (χ1) is 10.2. The number of para-hydroxylation sites is 1. The second kappa shape index (κ2) is 8.22. The van der Waals surface area contributed by atoms with Crippen LogP contribution in [0.25, 0.3) is 0 Å². The van der Waals surface area contributed by atoms with Crippen LogP contribution in [0.1, 0.15) is 13.3 Å². The summed E-state index contributed by atoms with van der Waals surface area (Å²) in [6.45, 7) is 5.05. The molecule has 1 aromatic carbocycles. The maximum atomic E-state index is 12.2. The summed E-state index contributed by atoms with van der Waals surface area (Å²) < 4.78 is 10.9. The van der Waals surface area contributed by atoms with E-state index in [1.165, 1.54) is 0 Å². The van der Waals surface area contributed by atoms with E-state index in [9.17, 15) is 4.79 Å². The van der Waals surface area contributed by atoms with Crippen molar-refractivity contribution in [3.05, 3.63) is 23.2 Å². The van der Waals surface area contributed by atoms with E-state index >= 15 is 0 Å². The van der Waals surface area contributed by atoms with Gasteiger partial charge in [0.15, 0.2) is 5.75 Å². The van der Waals surface area contributed by atoms with Crippen LogP contribution in [0.5, 0.6) is 5.75 Å². The van der Waals surface area contributed by atoms with Crippen molar-refractivity contribution in [2.45, 2.75) is 13.3 Å². The number of benzene rings is 1. The minimum Gasteiger partial charge on any atom is -0.487 e. The molecule has 1 fully saturated rings. The van der Waals surface area contributed by atoms with E-state index in [0.29, 0.717) is 42.8 Å². The smallest absolute Gasteiger partial charge is 0.228 e. The Labute approximate surface area is 130 Å². The third-order valence-electron chi connectivity index (χ3n) is 3.33. The standard InChI is InChI=1S/C15H21ClN2O3/c1-2-20-8-9-21-14-12(16)4-3-5-13(14)18-15(19)11-6-7-17-10-11/h3-5,11,17H,2,6-10H2,1H3,(H,18,19). The number of hydrogen-bond donors (Lipinski definition) is 2. The molecule has 5 nitrogen and oxygen atoms in total. The highest BCUT2D eigenvalue weighted by Gasteiger charge is 2.23. The Morgan fingerprint density at radius 1 is 1.48 bits per heavy atom. The predicted molar refractivity (Wildman–Crippen MR) is 83.0 cm³/mol. The van der Waals surface area contributed by atoms with Crippen LogP contribution in [0, 0.1) is 5.92 Å². The van der Waals surface area contributed by atoms with E-state index in [1.54, 1.807) is 18.2 Å². The molecular formula is C15H21ClN2O3. The van der Waals surface area contributed by atoms with Crippen LogP contribution in [-0.2, 0) is 9.53 Å². The lowest BCUT2D eigenvalue weighted by Gasteiger charge is -2.15. The molecule has 1 unspecified atom stereocenters. The van der Waals surface area contributed by atoms with Crippen LogP contribution in [0.2, 0.25) is 5.02 Å². The second-order valence-corrected chi connectivity index (χ2v) is 5.25. The molecule has 0 aromatic heterocycles. The maximum absolute atomic E-state index is 12.2. The number of amides is 1. The zero-order valence-electron chi connectivity index (χ0n) is 12.2. The molecule has 1 atom stereocenters. The van der Waals surface area contributed by atoms with E-state index in [2.05, 4.69) is 10.6 Å². The van der Waals surface area contributed by atoms with Crippen LogP contribution in [0.15, 0.2) is 18.2 Å². The average molecular weight is 313 g/mol. The van der Waals surface area contributed by atoms with Gasteiger partial charge in [0.25, 0.3) is 0 Å². The van der Waals surface area contributed by atoms with Gasteiger partial charge >= 0.3 is 0 Å². The number of carbonyl (C=O) groups is 1. The third-order valence-corrected chi connectivity index (χ3v) is 3.63. The molecule has 0 saturated carbocycles. The molecule has 1 aromatic rings. The van der Waals surface area contributed by atoms with Crippen molar-refractivity contribution in [3.63, 3.8) is 0 Å². The third kappa shape index (κ3) is 4.59. The van der Waals surface area contributed by atoms with Crippen LogP contribution in [0.3, 0.4) is 0 Å². The number of rotatable bonds is 7. The fraction of sp³-hybridized carbons (Fsp3) is 0.533. The van der Waals surface area contributed by atoms with Crippen molar-refractivity contribution in [2.75, 3.05) is 38.2 Å². The molecule has 0 radical (unpaired) electrons. The Kier molecular flexibility index (Phi) is 6.29. The first-order valence-electron chi connectivity index (χ1n) is 7.23. The van der Waals surface area contributed by atoms with E-state index in [-0.39, 0.29) is 11.8 Å². The fourth-order valence-corrected chi connectivity index (χ4v) is 2.44. The summed E-state index contributed by atoms with van der Waals surface area (Å²) in [6.07, 6.45) is 0.854. The molecule has 2 rings (SSSR count). The highest BCUT2D eigenvalue weighted by Crippen LogP contribution is 2.33. The summed E-state index contributed by atoms with van der Waals surface area (Å²) in [5, 5.41) is 6.56. The number of nitrogens with one attached hydrogen (secondary N) is 2. The molecule has 0 aliphatic carbocycles. The first kappa shape index (κ1) is 16.1. The van der Waals surface area contributed by atoms with E-state index < -0.39 is 0 Å². The van der Waals surface area contributed by atoms with Crippen molar-refractivity contribution >= 4 is 23.2 Å². The fourth-order valence-electron chi connectivity index (χ4n) is 2.21. The monoisotopic (exact) mass is 312 g/mol. The molecule has 116 valence electrons. The van der Waals surface area contributed by atoms with Crippen molar-refractivity contribution in [3.8, 4) is 5.75 Å². The summed E-state index contributed by atoms with van der Waals surface area (Å²) in [7, 11) is 0. The highest BCUT2D eigenvalue weighted by molar-refractivity contribution is 6.32. The summed E-state index contributed by atoms with van der Waals surface area (Å²) in [4.78, 5) is 12.2. The largest absolute Gasteiger partial charge is 0.487 e. The molecule has 0 spiro atoms. The van der Waals surface area contributed by atoms with Gasteiger partial charge in [-0.05, 0) is 32.0 Å². The molecule has 6 heteroatoms. The highest BCUT2D eigenvalue weighted by atomic mass is 35.5. The van der Waals surface area contributed by atoms with Crippen LogP contribution in [-0.4, -0.2) is 38.8 Å². The zero-order valence-corrected chi connectivity index (χ0v) is 12.9. The number of anilines is 1. The predicted octanol–water partition coefficient (Wildman–Crippen LogP) is 2.30. The second-order valence-electron chi connectivity index (χ2n) is 4.84. The molecule has 1 aliphatic heterocycles. The van der Waals surface area contributed by atoms with E-state index in [0.717, 1.165) is 13.0 Å². The van der Waals surface area contributed by atoms with Crippen molar-refractivity contribution in [2.24, 2.45) is 5.92 Å². The van der Waals surface area contributed by atoms with Gasteiger partial charge < -0.3 is 20.1 Å². The Hall–Kier alpha value is -1.30. The summed E-state index contributed by atoms with van der Waals surface area (Å²) in [5.41, 5.74) is 0.607. The molecule has 1 aliphatic rings. The van der Waals surface area contributed by atoms with Gasteiger partial charge in [-0.2, -0.15) is 0 Å². The van der Waals surface area contributed by atoms with E-state index in [4.69, 9.17) is 21.1 Å². The molecule has 1 heterocycles. The summed E-state index contributed by atoms with van der Waals surface area (Å²) >= 11 is 6.16. The van der Waals surface area contributed by atoms with E-state index in [1.807, 2.05) is 6.92 Å². The number of carbonyl (C=O) groups excluding carboxylic acids is 1. The zero-order chi connectivity index (χ0) is 15.1. The van der Waals surface area contributed by atoms with Crippen molar-refractivity contribution in [1.29, 1.82) is 0 Å². The van der Waals surface area contributed by atoms with Crippen LogP contribution < -0.4 is 15.4 Å². The average Bonchev–Trinajstić information content (AvgIpc) is 3.00. The molecule has 1 amide bonds. The molecule has 2 N–H and O–H groups in total. The van der Waals surface area contributed by atoms with Gasteiger partial charge in [-0.25, -0.2) is 0 Å². The Bertz CT molecular complexity index is 476. The number of halogens is 1. The molecule has 1 saturated heterocycles. The van der Waals surface area contributed by atoms with Gasteiger partial charge in [0.1, 0.15) is 6.61 Å². The van der Waals surface area contributed by atoms with Gasteiger partial charge in [0.05, 0.1) is 23.2 Å². The molecular weight excluding hydrogens is 292 g/mol. The van der Waals surface area contributed by atoms with Gasteiger partial charge in [-0.15, -0.1) is 0 Å². The van der Waals surface area contributed by atoms with Gasteiger partial charge in [-0.1, -0.05) is 17.7 Å². The Morgan fingerprint density at radius 3 is 3.05 bits per heavy atom. The molecule has 21 heavy (non-hydrogen) atoms. The van der Waals surface area contributed by atoms with Crippen LogP contribution >= 0.6 is 11.6 Å². The minimum atomic E-state index is -0.00285. The number of ether oxygens (including phenoxy) is 2. The lowest BCUT2D eigenvalue weighted by molar-refractivity contribution is -0.119. The van der Waals surface area contributed by atoms with Crippen LogP contribution in [0.4, 0.5) is 5.69 Å². The van der Waals surface area contributed by atoms with Gasteiger partial charge in [-0.3, -0.25) is 4.79 Å². The van der Waals surface area contributed by atoms with Gasteiger partial charge in [0.2, 0.25) is 5.91 Å². The summed E-state index contributed by atoms with van der Waals surface area (Å²) in [5.74, 6) is 0.496. The van der Waals surface area contributed by atoms with Gasteiger partial charge in [0, 0.05) is 13.2 Å². The minimum absolute atomic E-state index is 0.000237. The normalized spacial score (nSPS) is 17.7. The first-order valence-corrected chi connectivity index (χ1v) is 7.60. The van der Waals surface area contributed by atoms with Crippen molar-refractivity contribution < 1.29 is 14.3 Å². The van der Waals surface area contributed by atoms with Crippen molar-refractivity contribution in [1.82, 2.24) is 5.32 Å². The Morgan fingerprint density at radius 2 is 2.33 bits per heavy atom. The quantitative estimate of drug-likeness (QED) is 0.759. The lowest BCUT2D eigenvalue weighted by atomic mass is 10.1. The summed E-state index contributed by atoms with van der Waals surface area (Å²) in [6, 6.07) is 5.33. The topological polar surface area (TPSA) is 59.6 Å². The number of hydrogen-bond acceptors (Lipinski definition) is 4. The Balaban J connectivity index is 2.00. The molecule has 0 bridgehead atoms. The maximum Gasteiger partial charge on any atom is 0.228 e. The lowest BCUT2D eigenvalue weighted by Crippen LogP contribution is -2.25. The SMILES string of the molecule is CCOCCOc1c(Cl)cccc1NC(=O)C1CCNC1.